The Hall–Kier alpha value is -0.750. The molecule has 18 heavy (non-hydrogen) atoms. The summed E-state index contributed by atoms with van der Waals surface area (Å²) in [6.07, 6.45) is 3.93. The van der Waals surface area contributed by atoms with Crippen molar-refractivity contribution in [2.75, 3.05) is 18.6 Å². The highest BCUT2D eigenvalue weighted by Crippen LogP contribution is 2.23. The molecule has 6 heteroatoms. The average Bonchev–Trinajstić information content (AvgIpc) is 2.34. The van der Waals surface area contributed by atoms with Crippen molar-refractivity contribution in [2.45, 2.75) is 38.3 Å². The monoisotopic (exact) mass is 274 g/mol. The van der Waals surface area contributed by atoms with Gasteiger partial charge in [0.2, 0.25) is 5.91 Å². The van der Waals surface area contributed by atoms with Crippen molar-refractivity contribution < 1.29 is 14.7 Å². The largest absolute Gasteiger partial charge is 0.480 e. The fourth-order valence-corrected chi connectivity index (χ4v) is 2.71. The Bertz CT molecular complexity index is 312. The van der Waals surface area contributed by atoms with Crippen LogP contribution in [0, 0.1) is 5.92 Å². The van der Waals surface area contributed by atoms with E-state index >= 15 is 0 Å². The normalized spacial score (nSPS) is 25.8. The molecule has 1 heterocycles. The van der Waals surface area contributed by atoms with Crippen LogP contribution in [-0.4, -0.2) is 52.5 Å². The van der Waals surface area contributed by atoms with Crippen molar-refractivity contribution in [3.63, 3.8) is 0 Å². The number of rotatable bonds is 5. The van der Waals surface area contributed by atoms with E-state index in [9.17, 15) is 14.7 Å². The number of nitrogens with zero attached hydrogens (tertiary/aromatic N) is 1. The summed E-state index contributed by atoms with van der Waals surface area (Å²) in [7, 11) is 0. The van der Waals surface area contributed by atoms with Crippen molar-refractivity contribution in [1.29, 1.82) is 0 Å². The van der Waals surface area contributed by atoms with Gasteiger partial charge in [-0.3, -0.25) is 4.79 Å². The van der Waals surface area contributed by atoms with Crippen LogP contribution in [0.3, 0.4) is 0 Å². The third-order valence-corrected chi connectivity index (χ3v) is 4.03. The van der Waals surface area contributed by atoms with Crippen LogP contribution in [0.1, 0.15) is 26.2 Å². The van der Waals surface area contributed by atoms with Crippen molar-refractivity contribution >= 4 is 23.6 Å². The third-order valence-electron chi connectivity index (χ3n) is 3.38. The molecule has 0 spiro atoms. The molecule has 0 aromatic carbocycles. The minimum Gasteiger partial charge on any atom is -0.480 e. The molecular formula is C12H22N2O3S. The number of hydrogen-bond acceptors (Lipinski definition) is 4. The molecule has 0 aliphatic carbocycles. The second-order valence-corrected chi connectivity index (χ2v) is 5.89. The zero-order chi connectivity index (χ0) is 13.7. The van der Waals surface area contributed by atoms with Gasteiger partial charge in [-0.15, -0.1) is 0 Å². The lowest BCUT2D eigenvalue weighted by Crippen LogP contribution is -2.54. The van der Waals surface area contributed by atoms with E-state index in [0.29, 0.717) is 25.3 Å². The fourth-order valence-electron chi connectivity index (χ4n) is 2.22. The van der Waals surface area contributed by atoms with Crippen LogP contribution in [0.4, 0.5) is 0 Å². The molecular weight excluding hydrogens is 252 g/mol. The van der Waals surface area contributed by atoms with Crippen LogP contribution in [0.15, 0.2) is 0 Å². The van der Waals surface area contributed by atoms with Gasteiger partial charge in [0.1, 0.15) is 6.04 Å². The molecule has 0 aromatic heterocycles. The summed E-state index contributed by atoms with van der Waals surface area (Å²) in [5, 5.41) is 9.19. The maximum atomic E-state index is 12.2. The summed E-state index contributed by atoms with van der Waals surface area (Å²) >= 11 is 1.63. The lowest BCUT2D eigenvalue weighted by molar-refractivity contribution is -0.153. The van der Waals surface area contributed by atoms with Gasteiger partial charge in [-0.2, -0.15) is 11.8 Å². The SMILES string of the molecule is CSCC[C@@H](N)C(=O)N1CCC(C)CC1C(=O)O. The van der Waals surface area contributed by atoms with E-state index in [2.05, 4.69) is 0 Å². The van der Waals surface area contributed by atoms with Crippen LogP contribution >= 0.6 is 11.8 Å². The molecule has 2 unspecified atom stereocenters. The van der Waals surface area contributed by atoms with Gasteiger partial charge in [-0.25, -0.2) is 4.79 Å². The second kappa shape index (κ2) is 6.99. The molecule has 1 aliphatic rings. The van der Waals surface area contributed by atoms with Crippen LogP contribution in [0.5, 0.6) is 0 Å². The van der Waals surface area contributed by atoms with Crippen LogP contribution in [0.2, 0.25) is 0 Å². The molecule has 1 fully saturated rings. The average molecular weight is 274 g/mol. The highest BCUT2D eigenvalue weighted by atomic mass is 32.2. The Kier molecular flexibility index (Phi) is 5.95. The molecule has 104 valence electrons. The van der Waals surface area contributed by atoms with Gasteiger partial charge < -0.3 is 15.7 Å². The molecule has 0 aromatic rings. The first-order valence-electron chi connectivity index (χ1n) is 6.25. The van der Waals surface area contributed by atoms with Crippen molar-refractivity contribution in [3.8, 4) is 0 Å². The molecule has 0 bridgehead atoms. The topological polar surface area (TPSA) is 83.6 Å². The molecule has 0 radical (unpaired) electrons. The van der Waals surface area contributed by atoms with Gasteiger partial charge in [0.15, 0.2) is 0 Å². The number of likely N-dealkylation sites (tertiary alicyclic amines) is 1. The van der Waals surface area contributed by atoms with E-state index in [1.165, 1.54) is 4.90 Å². The fraction of sp³-hybridized carbons (Fsp3) is 0.833. The summed E-state index contributed by atoms with van der Waals surface area (Å²) in [5.41, 5.74) is 5.83. The van der Waals surface area contributed by atoms with Gasteiger partial charge in [-0.05, 0) is 37.2 Å². The van der Waals surface area contributed by atoms with Crippen LogP contribution in [-0.2, 0) is 9.59 Å². The van der Waals surface area contributed by atoms with Crippen LogP contribution in [0.25, 0.3) is 0 Å². The second-order valence-electron chi connectivity index (χ2n) is 4.90. The smallest absolute Gasteiger partial charge is 0.326 e. The lowest BCUT2D eigenvalue weighted by atomic mass is 9.92. The van der Waals surface area contributed by atoms with Crippen molar-refractivity contribution in [3.05, 3.63) is 0 Å². The van der Waals surface area contributed by atoms with E-state index < -0.39 is 18.1 Å². The zero-order valence-electron chi connectivity index (χ0n) is 11.0. The third kappa shape index (κ3) is 3.88. The van der Waals surface area contributed by atoms with Gasteiger partial charge in [-0.1, -0.05) is 6.92 Å². The number of carboxylic acid groups (broad SMARTS) is 1. The highest BCUT2D eigenvalue weighted by Gasteiger charge is 2.36. The number of hydrogen-bond donors (Lipinski definition) is 2. The zero-order valence-corrected chi connectivity index (χ0v) is 11.8. The van der Waals surface area contributed by atoms with Gasteiger partial charge >= 0.3 is 5.97 Å². The van der Waals surface area contributed by atoms with E-state index in [4.69, 9.17) is 5.73 Å². The summed E-state index contributed by atoms with van der Waals surface area (Å²) in [4.78, 5) is 24.8. The van der Waals surface area contributed by atoms with E-state index in [-0.39, 0.29) is 5.91 Å². The molecule has 1 saturated heterocycles. The maximum Gasteiger partial charge on any atom is 0.326 e. The predicted octanol–water partition coefficient (Wildman–Crippen LogP) is 0.778. The molecule has 3 atom stereocenters. The minimum absolute atomic E-state index is 0.219. The van der Waals surface area contributed by atoms with Gasteiger partial charge in [0, 0.05) is 6.54 Å². The number of carbonyl (C=O) groups excluding carboxylic acids is 1. The maximum absolute atomic E-state index is 12.2. The number of carbonyl (C=O) groups is 2. The quantitative estimate of drug-likeness (QED) is 0.774. The Morgan fingerprint density at radius 1 is 1.56 bits per heavy atom. The summed E-state index contributed by atoms with van der Waals surface area (Å²) < 4.78 is 0. The Morgan fingerprint density at radius 2 is 2.22 bits per heavy atom. The molecule has 5 nitrogen and oxygen atoms in total. The summed E-state index contributed by atoms with van der Waals surface area (Å²) in [5.74, 6) is 0.0161. The molecule has 1 rings (SSSR count). The van der Waals surface area contributed by atoms with E-state index in [0.717, 1.165) is 12.2 Å². The number of nitrogens with two attached hydrogens (primary N) is 1. The van der Waals surface area contributed by atoms with Gasteiger partial charge in [0.05, 0.1) is 6.04 Å². The standard InChI is InChI=1S/C12H22N2O3S/c1-8-3-5-14(10(7-8)12(16)17)11(15)9(13)4-6-18-2/h8-10H,3-7,13H2,1-2H3,(H,16,17)/t8?,9-,10?/m1/s1. The molecule has 1 amide bonds. The van der Waals surface area contributed by atoms with Crippen LogP contribution < -0.4 is 5.73 Å². The number of carboxylic acids is 1. The number of thioether (sulfide) groups is 1. The first kappa shape index (κ1) is 15.3. The number of amides is 1. The van der Waals surface area contributed by atoms with Crippen molar-refractivity contribution in [1.82, 2.24) is 4.90 Å². The minimum atomic E-state index is -0.924. The number of aliphatic carboxylic acids is 1. The summed E-state index contributed by atoms with van der Waals surface area (Å²) in [6, 6.07) is -1.28. The Morgan fingerprint density at radius 3 is 2.78 bits per heavy atom. The Labute approximate surface area is 112 Å². The first-order valence-corrected chi connectivity index (χ1v) is 7.64. The van der Waals surface area contributed by atoms with E-state index in [1.807, 2.05) is 13.2 Å². The lowest BCUT2D eigenvalue weighted by Gasteiger charge is -2.37. The van der Waals surface area contributed by atoms with E-state index in [1.54, 1.807) is 11.8 Å². The predicted molar refractivity (Wildman–Crippen MR) is 72.5 cm³/mol. The first-order chi connectivity index (χ1) is 8.47. The summed E-state index contributed by atoms with van der Waals surface area (Å²) in [6.45, 7) is 2.52. The van der Waals surface area contributed by atoms with Gasteiger partial charge in [0.25, 0.3) is 0 Å². The highest BCUT2D eigenvalue weighted by molar-refractivity contribution is 7.98. The number of piperidine rings is 1. The Balaban J connectivity index is 2.66. The molecule has 0 saturated carbocycles. The molecule has 1 aliphatic heterocycles. The van der Waals surface area contributed by atoms with Crippen molar-refractivity contribution in [2.24, 2.45) is 11.7 Å². The molecule has 3 N–H and O–H groups in total.